The Kier molecular flexibility index (Phi) is 8.79. The zero-order valence-electron chi connectivity index (χ0n) is 22.0. The Morgan fingerprint density at radius 3 is 2.64 bits per heavy atom. The highest BCUT2D eigenvalue weighted by Crippen LogP contribution is 2.51. The van der Waals surface area contributed by atoms with Crippen LogP contribution in [0.25, 0.3) is 0 Å². The van der Waals surface area contributed by atoms with Crippen molar-refractivity contribution in [2.24, 2.45) is 16.8 Å². The Hall–Kier alpha value is -2.09. The lowest BCUT2D eigenvalue weighted by atomic mass is 9.67. The molecule has 2 nitrogen and oxygen atoms in total. The third-order valence-corrected chi connectivity index (χ3v) is 8.38. The highest BCUT2D eigenvalue weighted by atomic mass is 15.1. The van der Waals surface area contributed by atoms with Crippen LogP contribution in [-0.4, -0.2) is 30.7 Å². The third kappa shape index (κ3) is 5.70. The fraction of sp³-hybridized carbons (Fsp3) is 0.581. The zero-order valence-corrected chi connectivity index (χ0v) is 22.0. The van der Waals surface area contributed by atoms with E-state index < -0.39 is 0 Å². The van der Waals surface area contributed by atoms with E-state index in [0.29, 0.717) is 12.0 Å². The van der Waals surface area contributed by atoms with Crippen LogP contribution in [0, 0.1) is 11.8 Å². The number of benzene rings is 1. The lowest BCUT2D eigenvalue weighted by molar-refractivity contribution is 0.196. The van der Waals surface area contributed by atoms with Crippen LogP contribution in [0.1, 0.15) is 83.4 Å². The number of likely N-dealkylation sites (N-methyl/N-ethyl adjacent to an activating group) is 1. The van der Waals surface area contributed by atoms with Gasteiger partial charge in [0, 0.05) is 37.0 Å². The molecule has 0 aromatic heterocycles. The quantitative estimate of drug-likeness (QED) is 0.251. The van der Waals surface area contributed by atoms with E-state index in [0.717, 1.165) is 31.0 Å². The fourth-order valence-electron chi connectivity index (χ4n) is 5.69. The van der Waals surface area contributed by atoms with Crippen LogP contribution in [0.4, 0.5) is 0 Å². The summed E-state index contributed by atoms with van der Waals surface area (Å²) in [6.45, 7) is 16.7. The minimum Gasteiger partial charge on any atom is -0.372 e. The number of nitrogens with zero attached hydrogens (tertiary/aromatic N) is 2. The van der Waals surface area contributed by atoms with Gasteiger partial charge in [-0.2, -0.15) is 0 Å². The molecular formula is C31H46N2. The monoisotopic (exact) mass is 446 g/mol. The molecule has 3 atom stereocenters. The standard InChI is InChI=1S/C31H46N2/c1-8-23(4)24(5)33(7)25(6)29-13-11-18-31(29,19-12-20-32-22-27-14-15-27)30-21-26(9-2)16-17-28(30)10-3/h8,12,16-17,19-21,25,27,29H,5,9-11,13-15,18,22H2,1-4,6-7H3/b19-12?,23-8+,32-20?. The van der Waals surface area contributed by atoms with Crippen LogP contribution in [0.5, 0.6) is 0 Å². The Balaban J connectivity index is 2.02. The lowest BCUT2D eigenvalue weighted by Crippen LogP contribution is -2.43. The Labute approximate surface area is 203 Å². The van der Waals surface area contributed by atoms with Crippen LogP contribution in [0.3, 0.4) is 0 Å². The van der Waals surface area contributed by atoms with E-state index in [-0.39, 0.29) is 5.41 Å². The number of hydrogen-bond donors (Lipinski definition) is 0. The van der Waals surface area contributed by atoms with Gasteiger partial charge < -0.3 is 4.90 Å². The van der Waals surface area contributed by atoms with E-state index in [1.165, 1.54) is 48.8 Å². The molecule has 3 unspecified atom stereocenters. The van der Waals surface area contributed by atoms with E-state index in [4.69, 9.17) is 4.99 Å². The van der Waals surface area contributed by atoms with Gasteiger partial charge in [-0.15, -0.1) is 0 Å². The third-order valence-electron chi connectivity index (χ3n) is 8.38. The highest BCUT2D eigenvalue weighted by molar-refractivity contribution is 5.71. The molecule has 0 heterocycles. The van der Waals surface area contributed by atoms with Gasteiger partial charge in [0.15, 0.2) is 0 Å². The molecule has 3 rings (SSSR count). The molecule has 0 spiro atoms. The molecule has 0 radical (unpaired) electrons. The maximum absolute atomic E-state index is 4.72. The molecule has 0 saturated heterocycles. The maximum Gasteiger partial charge on any atom is 0.0417 e. The Bertz CT molecular complexity index is 901. The SMILES string of the molecule is C=C(/C(C)=C/C)N(C)C(C)C1CCCC1(C=CC=NCC1CC1)c1cc(CC)ccc1CC. The van der Waals surface area contributed by atoms with Crippen molar-refractivity contribution in [2.75, 3.05) is 13.6 Å². The van der Waals surface area contributed by atoms with Gasteiger partial charge in [0.05, 0.1) is 0 Å². The summed E-state index contributed by atoms with van der Waals surface area (Å²) in [7, 11) is 2.23. The second-order valence-corrected chi connectivity index (χ2v) is 10.3. The summed E-state index contributed by atoms with van der Waals surface area (Å²) in [5.74, 6) is 1.37. The van der Waals surface area contributed by atoms with E-state index in [9.17, 15) is 0 Å². The lowest BCUT2D eigenvalue weighted by Gasteiger charge is -2.43. The molecule has 2 aliphatic rings. The average Bonchev–Trinajstić information content (AvgIpc) is 3.58. The summed E-state index contributed by atoms with van der Waals surface area (Å²) in [4.78, 5) is 7.14. The van der Waals surface area contributed by atoms with Gasteiger partial charge in [0.1, 0.15) is 0 Å². The molecule has 180 valence electrons. The summed E-state index contributed by atoms with van der Waals surface area (Å²) in [6, 6.07) is 7.63. The van der Waals surface area contributed by atoms with Gasteiger partial charge in [-0.3, -0.25) is 4.99 Å². The van der Waals surface area contributed by atoms with Crippen molar-refractivity contribution in [1.82, 2.24) is 4.90 Å². The predicted molar refractivity (Wildman–Crippen MR) is 145 cm³/mol. The average molecular weight is 447 g/mol. The van der Waals surface area contributed by atoms with Crippen molar-refractivity contribution in [2.45, 2.75) is 91.0 Å². The van der Waals surface area contributed by atoms with Crippen LogP contribution < -0.4 is 0 Å². The highest BCUT2D eigenvalue weighted by Gasteiger charge is 2.46. The van der Waals surface area contributed by atoms with Gasteiger partial charge in [-0.25, -0.2) is 0 Å². The van der Waals surface area contributed by atoms with Crippen LogP contribution >= 0.6 is 0 Å². The molecule has 0 amide bonds. The molecule has 2 aliphatic carbocycles. The van der Waals surface area contributed by atoms with E-state index in [1.807, 2.05) is 0 Å². The van der Waals surface area contributed by atoms with Crippen LogP contribution in [-0.2, 0) is 18.3 Å². The van der Waals surface area contributed by atoms with Gasteiger partial charge in [0.2, 0.25) is 0 Å². The number of hydrogen-bond acceptors (Lipinski definition) is 2. The summed E-state index contributed by atoms with van der Waals surface area (Å²) in [6.07, 6.45) is 17.6. The summed E-state index contributed by atoms with van der Waals surface area (Å²) >= 11 is 0. The van der Waals surface area contributed by atoms with Crippen molar-refractivity contribution >= 4 is 6.21 Å². The smallest absolute Gasteiger partial charge is 0.0417 e. The second kappa shape index (κ2) is 11.4. The van der Waals surface area contributed by atoms with Crippen molar-refractivity contribution in [1.29, 1.82) is 0 Å². The molecule has 1 aromatic carbocycles. The van der Waals surface area contributed by atoms with Crippen molar-refractivity contribution in [3.8, 4) is 0 Å². The van der Waals surface area contributed by atoms with Gasteiger partial charge in [-0.05, 0) is 99.5 Å². The number of allylic oxidation sites excluding steroid dienone is 4. The minimum atomic E-state index is 0.0416. The number of aryl methyl sites for hydroxylation is 2. The van der Waals surface area contributed by atoms with Gasteiger partial charge >= 0.3 is 0 Å². The molecule has 33 heavy (non-hydrogen) atoms. The zero-order chi connectivity index (χ0) is 24.0. The Morgan fingerprint density at radius 1 is 1.24 bits per heavy atom. The topological polar surface area (TPSA) is 15.6 Å². The Morgan fingerprint density at radius 2 is 2.00 bits per heavy atom. The van der Waals surface area contributed by atoms with Crippen molar-refractivity contribution in [3.05, 3.63) is 71.0 Å². The van der Waals surface area contributed by atoms with E-state index in [1.54, 1.807) is 5.56 Å². The summed E-state index contributed by atoms with van der Waals surface area (Å²) < 4.78 is 0. The predicted octanol–water partition coefficient (Wildman–Crippen LogP) is 7.69. The van der Waals surface area contributed by atoms with Crippen LogP contribution in [0.2, 0.25) is 0 Å². The molecular weight excluding hydrogens is 400 g/mol. The molecule has 2 saturated carbocycles. The minimum absolute atomic E-state index is 0.0416. The summed E-state index contributed by atoms with van der Waals surface area (Å²) in [5, 5.41) is 0. The van der Waals surface area contributed by atoms with E-state index in [2.05, 4.69) is 95.8 Å². The summed E-state index contributed by atoms with van der Waals surface area (Å²) in [5.41, 5.74) is 6.93. The van der Waals surface area contributed by atoms with Crippen molar-refractivity contribution < 1.29 is 0 Å². The molecule has 0 aliphatic heterocycles. The van der Waals surface area contributed by atoms with Gasteiger partial charge in [-0.1, -0.05) is 57.2 Å². The molecule has 0 N–H and O–H groups in total. The van der Waals surface area contributed by atoms with E-state index >= 15 is 0 Å². The molecule has 2 heteroatoms. The molecule has 2 fully saturated rings. The second-order valence-electron chi connectivity index (χ2n) is 10.3. The normalized spacial score (nSPS) is 24.7. The van der Waals surface area contributed by atoms with Crippen molar-refractivity contribution in [3.63, 3.8) is 0 Å². The first-order valence-electron chi connectivity index (χ1n) is 13.2. The fourth-order valence-corrected chi connectivity index (χ4v) is 5.69. The largest absolute Gasteiger partial charge is 0.372 e. The molecule has 0 bridgehead atoms. The first-order chi connectivity index (χ1) is 15.9. The number of aliphatic imine (C=N–C) groups is 1. The molecule has 1 aromatic rings. The first-order valence-corrected chi connectivity index (χ1v) is 13.2. The van der Waals surface area contributed by atoms with Crippen LogP contribution in [0.15, 0.2) is 59.3 Å². The number of rotatable bonds is 11. The first kappa shape index (κ1) is 25.5. The van der Waals surface area contributed by atoms with Gasteiger partial charge in [0.25, 0.3) is 0 Å². The maximum atomic E-state index is 4.72.